The van der Waals surface area contributed by atoms with Gasteiger partial charge in [-0.05, 0) is 0 Å². The Bertz CT molecular complexity index is 299. The predicted molar refractivity (Wildman–Crippen MR) is 95.2 cm³/mol. The second-order valence-corrected chi connectivity index (χ2v) is 18.9. The third kappa shape index (κ3) is 10.2. The first-order chi connectivity index (χ1) is 10.1. The zero-order chi connectivity index (χ0) is 16.0. The zero-order valence-corrected chi connectivity index (χ0v) is 17.3. The molecule has 0 fully saturated rings. The van der Waals surface area contributed by atoms with Crippen molar-refractivity contribution in [2.45, 2.75) is 72.6 Å². The molecule has 0 N–H and O–H groups in total. The minimum absolute atomic E-state index is 0.267. The van der Waals surface area contributed by atoms with Crippen LogP contribution in [0.2, 0.25) is 13.3 Å². The summed E-state index contributed by atoms with van der Waals surface area (Å²) in [5.41, 5.74) is 0. The van der Waals surface area contributed by atoms with Gasteiger partial charge in [0.2, 0.25) is 0 Å². The normalized spacial score (nSPS) is 12.4. The number of ether oxygens (including phenoxy) is 1. The van der Waals surface area contributed by atoms with Crippen LogP contribution >= 0.6 is 0 Å². The molecular weight excluding hydrogens is 367 g/mol. The topological polar surface area (TPSA) is 26.3 Å². The molecule has 0 aromatic carbocycles. The Balaban J connectivity index is 4.88. The van der Waals surface area contributed by atoms with Crippen molar-refractivity contribution >= 4 is 24.3 Å². The van der Waals surface area contributed by atoms with Crippen molar-refractivity contribution in [2.24, 2.45) is 0 Å². The average Bonchev–Trinajstić information content (AvgIpc) is 2.52. The van der Waals surface area contributed by atoms with Crippen LogP contribution in [0.15, 0.2) is 22.3 Å². The summed E-state index contributed by atoms with van der Waals surface area (Å²) in [4.78, 5) is 11.1. The van der Waals surface area contributed by atoms with E-state index in [0.29, 0.717) is 0 Å². The van der Waals surface area contributed by atoms with Crippen molar-refractivity contribution in [3.8, 4) is 0 Å². The Morgan fingerprint density at radius 1 is 0.905 bits per heavy atom. The zero-order valence-electron chi connectivity index (χ0n) is 14.5. The van der Waals surface area contributed by atoms with Crippen LogP contribution < -0.4 is 0 Å². The van der Waals surface area contributed by atoms with Crippen LogP contribution in [0.25, 0.3) is 0 Å². The van der Waals surface area contributed by atoms with Crippen LogP contribution in [-0.4, -0.2) is 31.5 Å². The quantitative estimate of drug-likeness (QED) is 0.183. The summed E-state index contributed by atoms with van der Waals surface area (Å²) in [6.45, 7) is 6.87. The van der Waals surface area contributed by atoms with Gasteiger partial charge in [0.05, 0.1) is 0 Å². The maximum absolute atomic E-state index is 11.1. The molecule has 0 aliphatic carbocycles. The molecular formula is C18H34O2Sn. The van der Waals surface area contributed by atoms with Crippen molar-refractivity contribution in [1.29, 1.82) is 0 Å². The molecule has 122 valence electrons. The first-order valence-corrected chi connectivity index (χ1v) is 16.3. The van der Waals surface area contributed by atoms with Crippen LogP contribution in [0, 0.1) is 0 Å². The molecule has 0 bridgehead atoms. The molecule has 2 nitrogen and oxygen atoms in total. The monoisotopic (exact) mass is 402 g/mol. The summed E-state index contributed by atoms with van der Waals surface area (Å²) >= 11 is -2.16. The van der Waals surface area contributed by atoms with E-state index in [1.54, 1.807) is 0 Å². The molecule has 0 aliphatic rings. The number of methoxy groups -OCH3 is 1. The molecule has 0 unspecified atom stereocenters. The first kappa shape index (κ1) is 20.7. The number of rotatable bonds is 12. The van der Waals surface area contributed by atoms with E-state index in [-0.39, 0.29) is 5.97 Å². The fourth-order valence-corrected chi connectivity index (χ4v) is 16.8. The van der Waals surface area contributed by atoms with Gasteiger partial charge in [0.15, 0.2) is 0 Å². The SMILES string of the molecule is CCC[CH2][Sn](/[CH]=C/C=C/C(=O)OC)([CH2]CCC)[CH2]CCC. The van der Waals surface area contributed by atoms with Crippen LogP contribution in [-0.2, 0) is 9.53 Å². The molecule has 0 amide bonds. The Morgan fingerprint density at radius 3 is 1.76 bits per heavy atom. The summed E-state index contributed by atoms with van der Waals surface area (Å²) in [6, 6.07) is 0. The number of unbranched alkanes of at least 4 members (excludes halogenated alkanes) is 3. The summed E-state index contributed by atoms with van der Waals surface area (Å²) in [5.74, 6) is -0.267. The van der Waals surface area contributed by atoms with Crippen molar-refractivity contribution in [3.05, 3.63) is 22.3 Å². The summed E-state index contributed by atoms with van der Waals surface area (Å²) in [6.07, 6.45) is 13.5. The van der Waals surface area contributed by atoms with Crippen LogP contribution in [0.1, 0.15) is 59.3 Å². The Kier molecular flexibility index (Phi) is 13.3. The Morgan fingerprint density at radius 2 is 1.38 bits per heavy atom. The summed E-state index contributed by atoms with van der Waals surface area (Å²) in [5, 5.41) is 0. The molecule has 0 aliphatic heterocycles. The van der Waals surface area contributed by atoms with Gasteiger partial charge in [-0.25, -0.2) is 0 Å². The van der Waals surface area contributed by atoms with Crippen LogP contribution in [0.3, 0.4) is 0 Å². The predicted octanol–water partition coefficient (Wildman–Crippen LogP) is 5.66. The molecule has 21 heavy (non-hydrogen) atoms. The molecule has 0 saturated heterocycles. The van der Waals surface area contributed by atoms with E-state index in [1.165, 1.54) is 65.0 Å². The van der Waals surface area contributed by atoms with Crippen molar-refractivity contribution in [1.82, 2.24) is 0 Å². The number of hydrogen-bond acceptors (Lipinski definition) is 2. The Labute approximate surface area is 135 Å². The molecule has 3 heteroatoms. The third-order valence-electron chi connectivity index (χ3n) is 4.08. The van der Waals surface area contributed by atoms with E-state index < -0.39 is 18.4 Å². The van der Waals surface area contributed by atoms with Gasteiger partial charge < -0.3 is 0 Å². The van der Waals surface area contributed by atoms with Gasteiger partial charge in [0, 0.05) is 0 Å². The van der Waals surface area contributed by atoms with E-state index in [2.05, 4.69) is 35.7 Å². The van der Waals surface area contributed by atoms with E-state index in [4.69, 9.17) is 0 Å². The van der Waals surface area contributed by atoms with E-state index in [1.807, 2.05) is 6.08 Å². The van der Waals surface area contributed by atoms with Gasteiger partial charge in [0.25, 0.3) is 0 Å². The number of allylic oxidation sites excluding steroid dienone is 2. The number of esters is 1. The number of carbonyl (C=O) groups excluding carboxylic acids is 1. The van der Waals surface area contributed by atoms with Gasteiger partial charge in [-0.3, -0.25) is 0 Å². The van der Waals surface area contributed by atoms with E-state index in [0.717, 1.165) is 0 Å². The molecule has 0 rings (SSSR count). The van der Waals surface area contributed by atoms with Gasteiger partial charge >= 0.3 is 136 Å². The summed E-state index contributed by atoms with van der Waals surface area (Å²) in [7, 11) is 1.42. The van der Waals surface area contributed by atoms with Gasteiger partial charge in [-0.15, -0.1) is 0 Å². The summed E-state index contributed by atoms with van der Waals surface area (Å²) < 4.78 is 11.6. The maximum atomic E-state index is 11.1. The molecule has 0 heterocycles. The third-order valence-corrected chi connectivity index (χ3v) is 18.2. The van der Waals surface area contributed by atoms with Gasteiger partial charge in [-0.2, -0.15) is 0 Å². The van der Waals surface area contributed by atoms with Crippen LogP contribution in [0.4, 0.5) is 0 Å². The first-order valence-electron chi connectivity index (χ1n) is 8.58. The van der Waals surface area contributed by atoms with Crippen molar-refractivity contribution in [2.75, 3.05) is 7.11 Å². The molecule has 0 aromatic rings. The second kappa shape index (κ2) is 13.4. The average molecular weight is 401 g/mol. The standard InChI is InChI=1S/C6H7O2.3C4H9.Sn/c1-3-4-5-6(7)8-2;3*1-3-4-2;/h1,3-5H,2H3;3*1,3-4H2,2H3;/b3-1?,5-4+;;;;. The molecule has 0 atom stereocenters. The molecule has 0 aromatic heterocycles. The van der Waals surface area contributed by atoms with E-state index in [9.17, 15) is 4.79 Å². The fourth-order valence-electron chi connectivity index (χ4n) is 2.67. The Hall–Kier alpha value is -0.251. The molecule has 0 radical (unpaired) electrons. The molecule has 0 spiro atoms. The number of carbonyl (C=O) groups is 1. The molecule has 0 saturated carbocycles. The second-order valence-electron chi connectivity index (χ2n) is 5.91. The van der Waals surface area contributed by atoms with Gasteiger partial charge in [-0.1, -0.05) is 0 Å². The minimum atomic E-state index is -2.16. The van der Waals surface area contributed by atoms with E-state index >= 15 is 0 Å². The van der Waals surface area contributed by atoms with Crippen molar-refractivity contribution in [3.63, 3.8) is 0 Å². The van der Waals surface area contributed by atoms with Crippen molar-refractivity contribution < 1.29 is 9.53 Å². The number of hydrogen-bond donors (Lipinski definition) is 0. The van der Waals surface area contributed by atoms with Crippen LogP contribution in [0.5, 0.6) is 0 Å². The van der Waals surface area contributed by atoms with Gasteiger partial charge in [0.1, 0.15) is 0 Å². The fraction of sp³-hybridized carbons (Fsp3) is 0.722.